The van der Waals surface area contributed by atoms with Crippen LogP contribution in [0.5, 0.6) is 0 Å². The zero-order valence-electron chi connectivity index (χ0n) is 12.7. The lowest BCUT2D eigenvalue weighted by Gasteiger charge is -2.26. The number of halogens is 1. The first-order chi connectivity index (χ1) is 11.2. The minimum Gasteiger partial charge on any atom is -0.379 e. The summed E-state index contributed by atoms with van der Waals surface area (Å²) in [5, 5.41) is 3.31. The normalized spacial score (nSPS) is 15.3. The smallest absolute Gasteiger partial charge is 0.274 e. The van der Waals surface area contributed by atoms with Crippen LogP contribution in [0.15, 0.2) is 42.6 Å². The van der Waals surface area contributed by atoms with Crippen molar-refractivity contribution in [1.82, 2.24) is 9.88 Å². The zero-order chi connectivity index (χ0) is 16.1. The molecule has 2 aromatic rings. The van der Waals surface area contributed by atoms with Crippen LogP contribution in [-0.2, 0) is 11.3 Å². The molecule has 1 aliphatic heterocycles. The first-order valence-corrected chi connectivity index (χ1v) is 7.90. The van der Waals surface area contributed by atoms with Gasteiger partial charge in [0, 0.05) is 36.5 Å². The number of benzene rings is 1. The summed E-state index contributed by atoms with van der Waals surface area (Å²) < 4.78 is 5.35. The lowest BCUT2D eigenvalue weighted by atomic mass is 10.2. The third kappa shape index (κ3) is 4.51. The number of anilines is 1. The number of nitrogens with zero attached hydrogens (tertiary/aromatic N) is 2. The van der Waals surface area contributed by atoms with Crippen LogP contribution in [-0.4, -0.2) is 42.1 Å². The van der Waals surface area contributed by atoms with E-state index in [1.54, 1.807) is 12.1 Å². The van der Waals surface area contributed by atoms with E-state index in [1.165, 1.54) is 11.8 Å². The number of hydrogen-bond donors (Lipinski definition) is 1. The molecule has 1 aromatic carbocycles. The quantitative estimate of drug-likeness (QED) is 0.936. The summed E-state index contributed by atoms with van der Waals surface area (Å²) in [7, 11) is 0. The maximum Gasteiger partial charge on any atom is 0.274 e. The first-order valence-electron chi connectivity index (χ1n) is 7.53. The molecule has 0 spiro atoms. The number of carbonyl (C=O) groups is 1. The van der Waals surface area contributed by atoms with E-state index >= 15 is 0 Å². The highest BCUT2D eigenvalue weighted by Crippen LogP contribution is 2.14. The van der Waals surface area contributed by atoms with Crippen molar-refractivity contribution in [1.29, 1.82) is 0 Å². The predicted molar refractivity (Wildman–Crippen MR) is 89.7 cm³/mol. The van der Waals surface area contributed by atoms with E-state index in [-0.39, 0.29) is 5.91 Å². The Morgan fingerprint density at radius 2 is 1.96 bits per heavy atom. The van der Waals surface area contributed by atoms with Crippen molar-refractivity contribution < 1.29 is 9.53 Å². The van der Waals surface area contributed by atoms with Crippen LogP contribution in [0.2, 0.25) is 5.02 Å². The Kier molecular flexibility index (Phi) is 5.23. The Morgan fingerprint density at radius 3 is 2.65 bits per heavy atom. The molecule has 1 fully saturated rings. The van der Waals surface area contributed by atoms with E-state index in [0.29, 0.717) is 10.7 Å². The van der Waals surface area contributed by atoms with Gasteiger partial charge < -0.3 is 10.1 Å². The van der Waals surface area contributed by atoms with Gasteiger partial charge in [-0.25, -0.2) is 0 Å². The fraction of sp³-hybridized carbons (Fsp3) is 0.294. The molecule has 1 amide bonds. The second-order valence-corrected chi connectivity index (χ2v) is 5.84. The molecule has 2 heterocycles. The second kappa shape index (κ2) is 7.55. The van der Waals surface area contributed by atoms with Crippen LogP contribution in [0.1, 0.15) is 16.1 Å². The number of rotatable bonds is 4. The molecule has 0 radical (unpaired) electrons. The predicted octanol–water partition coefficient (Wildman–Crippen LogP) is 2.82. The topological polar surface area (TPSA) is 54.5 Å². The Bertz CT molecular complexity index is 670. The minimum absolute atomic E-state index is 0.270. The molecule has 0 bridgehead atoms. The van der Waals surface area contributed by atoms with E-state index in [1.807, 2.05) is 24.3 Å². The van der Waals surface area contributed by atoms with Crippen molar-refractivity contribution in [3.05, 3.63) is 58.9 Å². The van der Waals surface area contributed by atoms with Gasteiger partial charge in [0.15, 0.2) is 0 Å². The molecular weight excluding hydrogens is 314 g/mol. The monoisotopic (exact) mass is 331 g/mol. The summed E-state index contributed by atoms with van der Waals surface area (Å²) in [6.07, 6.45) is 1.52. The van der Waals surface area contributed by atoms with Crippen molar-refractivity contribution in [3.63, 3.8) is 0 Å². The molecule has 6 heteroatoms. The molecule has 1 aliphatic rings. The van der Waals surface area contributed by atoms with Crippen molar-refractivity contribution >= 4 is 23.2 Å². The number of morpholine rings is 1. The van der Waals surface area contributed by atoms with Crippen LogP contribution in [0.25, 0.3) is 0 Å². The van der Waals surface area contributed by atoms with Gasteiger partial charge in [-0.2, -0.15) is 0 Å². The van der Waals surface area contributed by atoms with Gasteiger partial charge in [-0.15, -0.1) is 0 Å². The number of hydrogen-bond acceptors (Lipinski definition) is 4. The van der Waals surface area contributed by atoms with Gasteiger partial charge >= 0.3 is 0 Å². The summed E-state index contributed by atoms with van der Waals surface area (Å²) >= 11 is 5.87. The molecule has 1 saturated heterocycles. The van der Waals surface area contributed by atoms with E-state index < -0.39 is 0 Å². The largest absolute Gasteiger partial charge is 0.379 e. The lowest BCUT2D eigenvalue weighted by Crippen LogP contribution is -2.35. The van der Waals surface area contributed by atoms with E-state index in [0.717, 1.165) is 38.5 Å². The van der Waals surface area contributed by atoms with Gasteiger partial charge in [0.05, 0.1) is 13.2 Å². The minimum atomic E-state index is -0.270. The number of pyridine rings is 1. The number of nitrogens with one attached hydrogen (secondary N) is 1. The Morgan fingerprint density at radius 1 is 1.22 bits per heavy atom. The SMILES string of the molecule is O=C(Nc1ccc(CN2CCOCC2)cc1)c1cc(Cl)ccn1. The average molecular weight is 332 g/mol. The second-order valence-electron chi connectivity index (χ2n) is 5.40. The highest BCUT2D eigenvalue weighted by molar-refractivity contribution is 6.30. The standard InChI is InChI=1S/C17H18ClN3O2/c18-14-5-6-19-16(11-14)17(22)20-15-3-1-13(2-4-15)12-21-7-9-23-10-8-21/h1-6,11H,7-10,12H2,(H,20,22). The Labute approximate surface area is 140 Å². The van der Waals surface area contributed by atoms with Gasteiger partial charge in [-0.3, -0.25) is 14.7 Å². The van der Waals surface area contributed by atoms with Crippen LogP contribution in [0.3, 0.4) is 0 Å². The number of carbonyl (C=O) groups excluding carboxylic acids is 1. The zero-order valence-corrected chi connectivity index (χ0v) is 13.4. The highest BCUT2D eigenvalue weighted by atomic mass is 35.5. The fourth-order valence-electron chi connectivity index (χ4n) is 2.44. The molecule has 1 N–H and O–H groups in total. The highest BCUT2D eigenvalue weighted by Gasteiger charge is 2.11. The summed E-state index contributed by atoms with van der Waals surface area (Å²) in [5.74, 6) is -0.270. The summed E-state index contributed by atoms with van der Waals surface area (Å²) in [4.78, 5) is 18.5. The molecule has 5 nitrogen and oxygen atoms in total. The molecule has 120 valence electrons. The van der Waals surface area contributed by atoms with Gasteiger partial charge in [0.25, 0.3) is 5.91 Å². The maximum absolute atomic E-state index is 12.1. The van der Waals surface area contributed by atoms with E-state index in [9.17, 15) is 4.79 Å². The number of amides is 1. The van der Waals surface area contributed by atoms with Crippen molar-refractivity contribution in [2.45, 2.75) is 6.54 Å². The van der Waals surface area contributed by atoms with Crippen LogP contribution in [0, 0.1) is 0 Å². The maximum atomic E-state index is 12.1. The van der Waals surface area contributed by atoms with Crippen molar-refractivity contribution in [2.24, 2.45) is 0 Å². The first kappa shape index (κ1) is 15.9. The molecule has 1 aromatic heterocycles. The molecule has 0 saturated carbocycles. The summed E-state index contributed by atoms with van der Waals surface area (Å²) in [6.45, 7) is 4.40. The van der Waals surface area contributed by atoms with Gasteiger partial charge in [0.2, 0.25) is 0 Å². The van der Waals surface area contributed by atoms with Crippen LogP contribution >= 0.6 is 11.6 Å². The van der Waals surface area contributed by atoms with Gasteiger partial charge in [-0.05, 0) is 29.8 Å². The molecular formula is C17H18ClN3O2. The Balaban J connectivity index is 1.59. The Hall–Kier alpha value is -1.95. The third-order valence-corrected chi connectivity index (χ3v) is 3.91. The number of aromatic nitrogens is 1. The van der Waals surface area contributed by atoms with Crippen LogP contribution < -0.4 is 5.32 Å². The van der Waals surface area contributed by atoms with E-state index in [4.69, 9.17) is 16.3 Å². The molecule has 0 atom stereocenters. The lowest BCUT2D eigenvalue weighted by molar-refractivity contribution is 0.0342. The summed E-state index contributed by atoms with van der Waals surface area (Å²) in [5.41, 5.74) is 2.25. The molecule has 3 rings (SSSR count). The third-order valence-electron chi connectivity index (χ3n) is 3.68. The van der Waals surface area contributed by atoms with Crippen molar-refractivity contribution in [3.8, 4) is 0 Å². The van der Waals surface area contributed by atoms with Gasteiger partial charge in [-0.1, -0.05) is 23.7 Å². The average Bonchev–Trinajstić information content (AvgIpc) is 2.57. The van der Waals surface area contributed by atoms with Gasteiger partial charge in [0.1, 0.15) is 5.69 Å². The van der Waals surface area contributed by atoms with E-state index in [2.05, 4.69) is 15.2 Å². The fourth-order valence-corrected chi connectivity index (χ4v) is 2.59. The number of ether oxygens (including phenoxy) is 1. The molecule has 23 heavy (non-hydrogen) atoms. The molecule has 0 unspecified atom stereocenters. The summed E-state index contributed by atoms with van der Waals surface area (Å²) in [6, 6.07) is 11.0. The molecule has 0 aliphatic carbocycles. The van der Waals surface area contributed by atoms with Crippen molar-refractivity contribution in [2.75, 3.05) is 31.6 Å². The van der Waals surface area contributed by atoms with Crippen LogP contribution in [0.4, 0.5) is 5.69 Å².